The van der Waals surface area contributed by atoms with Gasteiger partial charge < -0.3 is 15.7 Å². The lowest BCUT2D eigenvalue weighted by Crippen LogP contribution is -2.45. The average Bonchev–Trinajstić information content (AvgIpc) is 2.14. The van der Waals surface area contributed by atoms with E-state index in [9.17, 15) is 4.79 Å². The van der Waals surface area contributed by atoms with E-state index in [2.05, 4.69) is 25.8 Å². The normalized spacial score (nSPS) is 15.4. The second-order valence-electron chi connectivity index (χ2n) is 5.31. The highest BCUT2D eigenvalue weighted by atomic mass is 16.4. The van der Waals surface area contributed by atoms with Crippen molar-refractivity contribution in [1.29, 1.82) is 0 Å². The van der Waals surface area contributed by atoms with Gasteiger partial charge in [-0.1, -0.05) is 13.8 Å². The van der Waals surface area contributed by atoms with Gasteiger partial charge in [0.25, 0.3) is 0 Å². The van der Waals surface area contributed by atoms with Crippen LogP contribution in [0.1, 0.15) is 40.0 Å². The van der Waals surface area contributed by atoms with E-state index >= 15 is 0 Å². The van der Waals surface area contributed by atoms with Crippen LogP contribution in [-0.4, -0.2) is 41.7 Å². The predicted octanol–water partition coefficient (Wildman–Crippen LogP) is 1.55. The lowest BCUT2D eigenvalue weighted by atomic mass is 9.97. The molecule has 0 aliphatic rings. The molecule has 96 valence electrons. The number of hydrogen-bond donors (Lipinski definition) is 2. The van der Waals surface area contributed by atoms with Crippen molar-refractivity contribution >= 4 is 5.97 Å². The van der Waals surface area contributed by atoms with Crippen LogP contribution in [0.3, 0.4) is 0 Å². The maximum absolute atomic E-state index is 10.8. The first-order chi connectivity index (χ1) is 7.25. The summed E-state index contributed by atoms with van der Waals surface area (Å²) in [4.78, 5) is 13.0. The van der Waals surface area contributed by atoms with Gasteiger partial charge in [0.1, 0.15) is 5.54 Å². The third-order valence-corrected chi connectivity index (χ3v) is 2.81. The van der Waals surface area contributed by atoms with Crippen molar-refractivity contribution in [2.75, 3.05) is 20.1 Å². The van der Waals surface area contributed by atoms with Gasteiger partial charge in [-0.3, -0.25) is 4.79 Å². The molecular formula is C12H26N2O2. The SMILES string of the molecule is CC(C)CCN(C)CCCC(C)(N)C(=O)O. The molecule has 0 heterocycles. The van der Waals surface area contributed by atoms with E-state index in [1.54, 1.807) is 6.92 Å². The molecule has 0 aliphatic carbocycles. The second-order valence-corrected chi connectivity index (χ2v) is 5.31. The van der Waals surface area contributed by atoms with Crippen LogP contribution in [0.25, 0.3) is 0 Å². The number of nitrogens with zero attached hydrogens (tertiary/aromatic N) is 1. The summed E-state index contributed by atoms with van der Waals surface area (Å²) in [6.45, 7) is 7.95. The fourth-order valence-electron chi connectivity index (χ4n) is 1.41. The largest absolute Gasteiger partial charge is 0.480 e. The van der Waals surface area contributed by atoms with E-state index in [0.717, 1.165) is 19.5 Å². The van der Waals surface area contributed by atoms with Crippen LogP contribution in [0.15, 0.2) is 0 Å². The highest BCUT2D eigenvalue weighted by molar-refractivity contribution is 5.77. The molecule has 16 heavy (non-hydrogen) atoms. The van der Waals surface area contributed by atoms with Crippen molar-refractivity contribution in [1.82, 2.24) is 4.90 Å². The van der Waals surface area contributed by atoms with E-state index in [4.69, 9.17) is 10.8 Å². The summed E-state index contributed by atoms with van der Waals surface area (Å²) in [5.41, 5.74) is 4.57. The third kappa shape index (κ3) is 6.80. The van der Waals surface area contributed by atoms with Crippen molar-refractivity contribution in [3.8, 4) is 0 Å². The Balaban J connectivity index is 3.69. The van der Waals surface area contributed by atoms with Crippen molar-refractivity contribution in [2.24, 2.45) is 11.7 Å². The molecule has 3 N–H and O–H groups in total. The van der Waals surface area contributed by atoms with Gasteiger partial charge in [-0.15, -0.1) is 0 Å². The molecule has 0 spiro atoms. The molecule has 0 amide bonds. The molecule has 4 nitrogen and oxygen atoms in total. The molecule has 0 saturated heterocycles. The minimum absolute atomic E-state index is 0.522. The first kappa shape index (κ1) is 15.4. The number of nitrogens with two attached hydrogens (primary N) is 1. The van der Waals surface area contributed by atoms with Crippen LogP contribution in [-0.2, 0) is 4.79 Å². The Morgan fingerprint density at radius 2 is 2.00 bits per heavy atom. The van der Waals surface area contributed by atoms with E-state index < -0.39 is 11.5 Å². The number of carboxylic acid groups (broad SMARTS) is 1. The maximum Gasteiger partial charge on any atom is 0.323 e. The topological polar surface area (TPSA) is 66.6 Å². The van der Waals surface area contributed by atoms with Gasteiger partial charge in [0.2, 0.25) is 0 Å². The second kappa shape index (κ2) is 6.86. The highest BCUT2D eigenvalue weighted by Gasteiger charge is 2.26. The summed E-state index contributed by atoms with van der Waals surface area (Å²) < 4.78 is 0. The first-order valence-corrected chi connectivity index (χ1v) is 5.96. The predicted molar refractivity (Wildman–Crippen MR) is 66.4 cm³/mol. The molecule has 4 heteroatoms. The van der Waals surface area contributed by atoms with E-state index in [1.165, 1.54) is 6.42 Å². The fraction of sp³-hybridized carbons (Fsp3) is 0.917. The van der Waals surface area contributed by atoms with Crippen LogP contribution >= 0.6 is 0 Å². The zero-order valence-corrected chi connectivity index (χ0v) is 11.0. The summed E-state index contributed by atoms with van der Waals surface area (Å²) in [7, 11) is 2.07. The molecule has 0 bridgehead atoms. The molecule has 0 fully saturated rings. The van der Waals surface area contributed by atoms with Gasteiger partial charge in [0, 0.05) is 0 Å². The van der Waals surface area contributed by atoms with Gasteiger partial charge in [-0.2, -0.15) is 0 Å². The van der Waals surface area contributed by atoms with Crippen LogP contribution in [0, 0.1) is 5.92 Å². The molecule has 1 atom stereocenters. The third-order valence-electron chi connectivity index (χ3n) is 2.81. The van der Waals surface area contributed by atoms with E-state index in [-0.39, 0.29) is 0 Å². The number of carboxylic acids is 1. The summed E-state index contributed by atoms with van der Waals surface area (Å²) >= 11 is 0. The smallest absolute Gasteiger partial charge is 0.323 e. The zero-order valence-electron chi connectivity index (χ0n) is 11.0. The van der Waals surface area contributed by atoms with Gasteiger partial charge in [0.05, 0.1) is 0 Å². The molecule has 0 aromatic heterocycles. The minimum Gasteiger partial charge on any atom is -0.480 e. The molecular weight excluding hydrogens is 204 g/mol. The van der Waals surface area contributed by atoms with E-state index in [1.807, 2.05) is 0 Å². The van der Waals surface area contributed by atoms with Crippen molar-refractivity contribution in [3.05, 3.63) is 0 Å². The molecule has 1 unspecified atom stereocenters. The van der Waals surface area contributed by atoms with E-state index in [0.29, 0.717) is 12.3 Å². The van der Waals surface area contributed by atoms with Crippen molar-refractivity contribution < 1.29 is 9.90 Å². The van der Waals surface area contributed by atoms with Gasteiger partial charge in [0.15, 0.2) is 0 Å². The Morgan fingerprint density at radius 1 is 1.44 bits per heavy atom. The summed E-state index contributed by atoms with van der Waals surface area (Å²) in [6, 6.07) is 0. The molecule has 0 radical (unpaired) electrons. The Hall–Kier alpha value is -0.610. The monoisotopic (exact) mass is 230 g/mol. The van der Waals surface area contributed by atoms with Crippen LogP contribution in [0.4, 0.5) is 0 Å². The minimum atomic E-state index is -1.08. The summed E-state index contributed by atoms with van der Waals surface area (Å²) in [5, 5.41) is 8.84. The molecule has 0 aromatic carbocycles. The number of hydrogen-bond acceptors (Lipinski definition) is 3. The Bertz CT molecular complexity index is 215. The molecule has 0 rings (SSSR count). The summed E-state index contributed by atoms with van der Waals surface area (Å²) in [6.07, 6.45) is 2.53. The van der Waals surface area contributed by atoms with Crippen molar-refractivity contribution in [2.45, 2.75) is 45.6 Å². The standard InChI is InChI=1S/C12H26N2O2/c1-10(2)6-9-14(4)8-5-7-12(3,13)11(15)16/h10H,5-9,13H2,1-4H3,(H,15,16). The lowest BCUT2D eigenvalue weighted by molar-refractivity contribution is -0.142. The number of aliphatic carboxylic acids is 1. The Labute approximate surface area is 98.8 Å². The van der Waals surface area contributed by atoms with Gasteiger partial charge in [-0.05, 0) is 52.2 Å². The van der Waals surface area contributed by atoms with Gasteiger partial charge in [-0.25, -0.2) is 0 Å². The van der Waals surface area contributed by atoms with Crippen LogP contribution in [0.5, 0.6) is 0 Å². The molecule has 0 aromatic rings. The quantitative estimate of drug-likeness (QED) is 0.664. The summed E-state index contributed by atoms with van der Waals surface area (Å²) in [5.74, 6) is -0.210. The maximum atomic E-state index is 10.8. The molecule has 0 aliphatic heterocycles. The Kier molecular flexibility index (Phi) is 6.60. The zero-order chi connectivity index (χ0) is 12.8. The Morgan fingerprint density at radius 3 is 2.44 bits per heavy atom. The van der Waals surface area contributed by atoms with Gasteiger partial charge >= 0.3 is 5.97 Å². The fourth-order valence-corrected chi connectivity index (χ4v) is 1.41. The van der Waals surface area contributed by atoms with Crippen LogP contribution in [0.2, 0.25) is 0 Å². The number of rotatable bonds is 8. The lowest BCUT2D eigenvalue weighted by Gasteiger charge is -2.22. The van der Waals surface area contributed by atoms with Crippen molar-refractivity contribution in [3.63, 3.8) is 0 Å². The highest BCUT2D eigenvalue weighted by Crippen LogP contribution is 2.10. The number of carbonyl (C=O) groups is 1. The average molecular weight is 230 g/mol. The van der Waals surface area contributed by atoms with Crippen LogP contribution < -0.4 is 5.73 Å². The first-order valence-electron chi connectivity index (χ1n) is 5.96. The molecule has 0 saturated carbocycles.